The second kappa shape index (κ2) is 9.88. The number of hydrogen-bond donors (Lipinski definition) is 3. The number of aromatic nitrogens is 2. The molecule has 2 aromatic heterocycles. The minimum Gasteiger partial charge on any atom is -0.467 e. The van der Waals surface area contributed by atoms with Crippen molar-refractivity contribution in [1.82, 2.24) is 20.8 Å². The number of esters is 1. The molecular weight excluding hydrogens is 450 g/mol. The van der Waals surface area contributed by atoms with Crippen LogP contribution in [0.15, 0.2) is 62.7 Å². The largest absolute Gasteiger partial charge is 0.467 e. The molecule has 2 amide bonds. The van der Waals surface area contributed by atoms with E-state index < -0.39 is 18.0 Å². The van der Waals surface area contributed by atoms with E-state index in [2.05, 4.69) is 26.1 Å². The summed E-state index contributed by atoms with van der Waals surface area (Å²) in [4.78, 5) is 25.0. The van der Waals surface area contributed by atoms with Crippen LogP contribution in [0, 0.1) is 6.92 Å². The zero-order valence-electron chi connectivity index (χ0n) is 17.4. The van der Waals surface area contributed by atoms with Crippen molar-refractivity contribution in [2.75, 3.05) is 17.7 Å². The number of hydrogen-bond acceptors (Lipinski definition) is 9. The van der Waals surface area contributed by atoms with Gasteiger partial charge in [-0.15, -0.1) is 10.2 Å². The van der Waals surface area contributed by atoms with Crippen LogP contribution in [0.5, 0.6) is 0 Å². The van der Waals surface area contributed by atoms with E-state index in [0.29, 0.717) is 32.3 Å². The van der Waals surface area contributed by atoms with Crippen molar-refractivity contribution in [2.45, 2.75) is 24.2 Å². The molecule has 0 radical (unpaired) electrons. The van der Waals surface area contributed by atoms with Crippen molar-refractivity contribution in [3.05, 3.63) is 65.3 Å². The number of ether oxygens (including phenoxy) is 1. The van der Waals surface area contributed by atoms with Gasteiger partial charge in [0.25, 0.3) is 0 Å². The second-order valence-corrected chi connectivity index (χ2v) is 9.02. The number of amides is 2. The van der Waals surface area contributed by atoms with Crippen LogP contribution in [0.4, 0.5) is 15.6 Å². The summed E-state index contributed by atoms with van der Waals surface area (Å²) in [7, 11) is 0. The third-order valence-corrected chi connectivity index (χ3v) is 6.49. The average molecular weight is 472 g/mol. The molecule has 0 bridgehead atoms. The highest BCUT2D eigenvalue weighted by Gasteiger charge is 2.35. The molecule has 4 rings (SSSR count). The molecule has 3 aromatic rings. The van der Waals surface area contributed by atoms with Gasteiger partial charge in [-0.25, -0.2) is 9.59 Å². The molecule has 3 N–H and O–H groups in total. The van der Waals surface area contributed by atoms with E-state index in [1.807, 2.05) is 31.2 Å². The lowest BCUT2D eigenvalue weighted by Gasteiger charge is -2.27. The molecule has 3 heterocycles. The smallest absolute Gasteiger partial charge is 0.338 e. The third-order valence-electron chi connectivity index (χ3n) is 4.49. The SMILES string of the molecule is CCOC(=O)C1=C(CSc2nnc(Nc3cccc(C)c3)s2)NC(=O)NC1c1ccco1. The first-order valence-electron chi connectivity index (χ1n) is 9.84. The number of furan rings is 1. The summed E-state index contributed by atoms with van der Waals surface area (Å²) in [6.07, 6.45) is 1.49. The first kappa shape index (κ1) is 21.9. The molecule has 0 aliphatic carbocycles. The highest BCUT2D eigenvalue weighted by Crippen LogP contribution is 2.33. The third kappa shape index (κ3) is 5.11. The van der Waals surface area contributed by atoms with Gasteiger partial charge in [0.05, 0.1) is 18.4 Å². The minimum absolute atomic E-state index is 0.214. The quantitative estimate of drug-likeness (QED) is 0.331. The van der Waals surface area contributed by atoms with E-state index in [9.17, 15) is 9.59 Å². The van der Waals surface area contributed by atoms with Gasteiger partial charge in [0.2, 0.25) is 5.13 Å². The van der Waals surface area contributed by atoms with Gasteiger partial charge in [-0.2, -0.15) is 0 Å². The summed E-state index contributed by atoms with van der Waals surface area (Å²) in [5.74, 6) is 0.236. The zero-order chi connectivity index (χ0) is 22.5. The normalized spacial score (nSPS) is 15.8. The summed E-state index contributed by atoms with van der Waals surface area (Å²) in [6, 6.07) is 10.2. The number of carbonyl (C=O) groups is 2. The molecule has 0 saturated heterocycles. The number of benzene rings is 1. The Labute approximate surface area is 192 Å². The van der Waals surface area contributed by atoms with Crippen LogP contribution in [0.25, 0.3) is 0 Å². The Hall–Kier alpha value is -3.31. The summed E-state index contributed by atoms with van der Waals surface area (Å²) in [5.41, 5.74) is 2.82. The highest BCUT2D eigenvalue weighted by atomic mass is 32.2. The first-order valence-corrected chi connectivity index (χ1v) is 11.6. The summed E-state index contributed by atoms with van der Waals surface area (Å²) < 4.78 is 11.4. The summed E-state index contributed by atoms with van der Waals surface area (Å²) in [5, 5.41) is 17.7. The van der Waals surface area contributed by atoms with Gasteiger partial charge >= 0.3 is 12.0 Å². The molecule has 1 aliphatic heterocycles. The van der Waals surface area contributed by atoms with Gasteiger partial charge in [-0.05, 0) is 43.7 Å². The van der Waals surface area contributed by atoms with E-state index in [-0.39, 0.29) is 6.61 Å². The molecule has 166 valence electrons. The number of urea groups is 1. The standard InChI is InChI=1S/C21H21N5O4S2/c1-3-29-18(27)16-14(23-19(28)24-17(16)15-8-5-9-30-15)11-31-21-26-25-20(32-21)22-13-7-4-6-12(2)10-13/h4-10,17H,3,11H2,1-2H3,(H,22,25)(H2,23,24,28). The van der Waals surface area contributed by atoms with Gasteiger partial charge in [0.15, 0.2) is 4.34 Å². The molecule has 11 heteroatoms. The first-order chi connectivity index (χ1) is 15.5. The molecule has 1 unspecified atom stereocenters. The Morgan fingerprint density at radius 2 is 2.19 bits per heavy atom. The number of anilines is 2. The van der Waals surface area contributed by atoms with Gasteiger partial charge in [-0.1, -0.05) is 35.2 Å². The van der Waals surface area contributed by atoms with Crippen molar-refractivity contribution in [3.63, 3.8) is 0 Å². The average Bonchev–Trinajstić information content (AvgIpc) is 3.44. The van der Waals surface area contributed by atoms with Crippen LogP contribution >= 0.6 is 23.1 Å². The minimum atomic E-state index is -0.735. The van der Waals surface area contributed by atoms with Crippen LogP contribution < -0.4 is 16.0 Å². The van der Waals surface area contributed by atoms with E-state index in [4.69, 9.17) is 9.15 Å². The molecule has 1 aromatic carbocycles. The number of carbonyl (C=O) groups excluding carboxylic acids is 2. The van der Waals surface area contributed by atoms with Gasteiger partial charge < -0.3 is 25.1 Å². The molecular formula is C21H21N5O4S2. The maximum Gasteiger partial charge on any atom is 0.338 e. The van der Waals surface area contributed by atoms with Crippen molar-refractivity contribution in [1.29, 1.82) is 0 Å². The highest BCUT2D eigenvalue weighted by molar-refractivity contribution is 8.01. The molecule has 9 nitrogen and oxygen atoms in total. The number of nitrogens with zero attached hydrogens (tertiary/aromatic N) is 2. The summed E-state index contributed by atoms with van der Waals surface area (Å²) >= 11 is 2.75. The molecule has 1 atom stereocenters. The summed E-state index contributed by atoms with van der Waals surface area (Å²) in [6.45, 7) is 3.96. The molecule has 0 spiro atoms. The van der Waals surface area contributed by atoms with Crippen molar-refractivity contribution in [2.24, 2.45) is 0 Å². The monoisotopic (exact) mass is 471 g/mol. The topological polar surface area (TPSA) is 118 Å². The Kier molecular flexibility index (Phi) is 6.76. The second-order valence-electron chi connectivity index (χ2n) is 6.82. The maximum atomic E-state index is 12.7. The van der Waals surface area contributed by atoms with Crippen molar-refractivity contribution >= 4 is 45.9 Å². The van der Waals surface area contributed by atoms with Gasteiger partial charge in [0, 0.05) is 17.1 Å². The number of aryl methyl sites for hydroxylation is 1. The Morgan fingerprint density at radius 1 is 1.31 bits per heavy atom. The Morgan fingerprint density at radius 3 is 2.94 bits per heavy atom. The predicted octanol–water partition coefficient (Wildman–Crippen LogP) is 4.15. The van der Waals surface area contributed by atoms with Crippen molar-refractivity contribution < 1.29 is 18.7 Å². The molecule has 32 heavy (non-hydrogen) atoms. The lowest BCUT2D eigenvalue weighted by molar-refractivity contribution is -0.139. The fourth-order valence-corrected chi connectivity index (χ4v) is 4.89. The van der Waals surface area contributed by atoms with Crippen molar-refractivity contribution in [3.8, 4) is 0 Å². The van der Waals surface area contributed by atoms with E-state index in [1.54, 1.807) is 19.1 Å². The molecule has 0 saturated carbocycles. The number of thioether (sulfide) groups is 1. The van der Waals surface area contributed by atoms with E-state index in [1.165, 1.54) is 29.4 Å². The number of nitrogens with one attached hydrogen (secondary N) is 3. The van der Waals surface area contributed by atoms with Crippen LogP contribution in [-0.4, -0.2) is 34.6 Å². The number of rotatable bonds is 8. The van der Waals surface area contributed by atoms with Gasteiger partial charge in [0.1, 0.15) is 11.8 Å². The van der Waals surface area contributed by atoms with Crippen LogP contribution in [0.3, 0.4) is 0 Å². The maximum absolute atomic E-state index is 12.7. The zero-order valence-corrected chi connectivity index (χ0v) is 19.0. The van der Waals surface area contributed by atoms with Crippen LogP contribution in [0.2, 0.25) is 0 Å². The van der Waals surface area contributed by atoms with Crippen LogP contribution in [0.1, 0.15) is 24.3 Å². The molecule has 1 aliphatic rings. The predicted molar refractivity (Wildman–Crippen MR) is 122 cm³/mol. The lowest BCUT2D eigenvalue weighted by Crippen LogP contribution is -2.46. The van der Waals surface area contributed by atoms with E-state index in [0.717, 1.165) is 11.3 Å². The fourth-order valence-electron chi connectivity index (χ4n) is 3.15. The van der Waals surface area contributed by atoms with Crippen LogP contribution in [-0.2, 0) is 9.53 Å². The molecule has 0 fully saturated rings. The van der Waals surface area contributed by atoms with E-state index >= 15 is 0 Å². The Bertz CT molecular complexity index is 1140. The Balaban J connectivity index is 1.53. The fraction of sp³-hybridized carbons (Fsp3) is 0.238. The van der Waals surface area contributed by atoms with Gasteiger partial charge in [-0.3, -0.25) is 0 Å². The lowest BCUT2D eigenvalue weighted by atomic mass is 10.0.